The Kier molecular flexibility index (Phi) is 7.84. The summed E-state index contributed by atoms with van der Waals surface area (Å²) in [5, 5.41) is 9.23. The summed E-state index contributed by atoms with van der Waals surface area (Å²) in [5.41, 5.74) is 1.72. The smallest absolute Gasteiger partial charge is 0.304 e. The Morgan fingerprint density at radius 1 is 1.14 bits per heavy atom. The molecule has 0 aliphatic rings. The minimum Gasteiger partial charge on any atom is -0.487 e. The van der Waals surface area contributed by atoms with E-state index in [1.165, 1.54) is 13.2 Å². The molecule has 0 aliphatic heterocycles. The van der Waals surface area contributed by atoms with E-state index in [0.29, 0.717) is 17.9 Å². The van der Waals surface area contributed by atoms with E-state index in [1.807, 2.05) is 30.3 Å². The normalized spacial score (nSPS) is 11.7. The lowest BCUT2D eigenvalue weighted by atomic mass is 9.94. The molecule has 0 aromatic heterocycles. The maximum atomic E-state index is 12.8. The van der Waals surface area contributed by atoms with Gasteiger partial charge in [-0.25, -0.2) is 0 Å². The van der Waals surface area contributed by atoms with Crippen LogP contribution in [-0.4, -0.2) is 30.8 Å². The van der Waals surface area contributed by atoms with E-state index in [0.717, 1.165) is 5.56 Å². The Labute approximate surface area is 169 Å². The van der Waals surface area contributed by atoms with E-state index < -0.39 is 11.9 Å². The fourth-order valence-electron chi connectivity index (χ4n) is 2.76. The summed E-state index contributed by atoms with van der Waals surface area (Å²) in [7, 11) is 1.46. The summed E-state index contributed by atoms with van der Waals surface area (Å²) < 4.78 is 16.4. The van der Waals surface area contributed by atoms with Crippen LogP contribution in [0.25, 0.3) is 0 Å². The van der Waals surface area contributed by atoms with E-state index in [2.05, 4.69) is 0 Å². The van der Waals surface area contributed by atoms with Gasteiger partial charge in [-0.3, -0.25) is 9.59 Å². The number of hydrogen-bond donors (Lipinski definition) is 1. The SMILES string of the molecule is COCOc1c(C(=O)C(C)CC(=O)O)cc(Cl)c(OCc2ccccc2)c1C. The molecule has 0 fully saturated rings. The molecule has 0 bridgehead atoms. The molecule has 0 radical (unpaired) electrons. The molecule has 0 heterocycles. The quantitative estimate of drug-likeness (QED) is 0.462. The highest BCUT2D eigenvalue weighted by atomic mass is 35.5. The molecule has 1 atom stereocenters. The molecule has 28 heavy (non-hydrogen) atoms. The molecule has 2 aromatic rings. The van der Waals surface area contributed by atoms with Crippen LogP contribution in [0.15, 0.2) is 36.4 Å². The van der Waals surface area contributed by atoms with Gasteiger partial charge in [0.25, 0.3) is 0 Å². The number of methoxy groups -OCH3 is 1. The van der Waals surface area contributed by atoms with Gasteiger partial charge in [0, 0.05) is 18.6 Å². The van der Waals surface area contributed by atoms with Crippen LogP contribution in [0.5, 0.6) is 11.5 Å². The van der Waals surface area contributed by atoms with Gasteiger partial charge in [-0.1, -0.05) is 48.9 Å². The van der Waals surface area contributed by atoms with Crippen molar-refractivity contribution in [3.05, 3.63) is 58.1 Å². The van der Waals surface area contributed by atoms with Crippen molar-refractivity contribution in [1.29, 1.82) is 0 Å². The first-order valence-corrected chi connectivity index (χ1v) is 9.10. The number of benzene rings is 2. The zero-order valence-corrected chi connectivity index (χ0v) is 16.8. The van der Waals surface area contributed by atoms with Crippen molar-refractivity contribution in [3.8, 4) is 11.5 Å². The number of carbonyl (C=O) groups is 2. The molecule has 0 aliphatic carbocycles. The summed E-state index contributed by atoms with van der Waals surface area (Å²) in [5.74, 6) is -1.47. The molecule has 0 saturated heterocycles. The predicted octanol–water partition coefficient (Wildman–Crippen LogP) is 4.50. The number of carboxylic acids is 1. The number of hydrogen-bond acceptors (Lipinski definition) is 5. The molecule has 150 valence electrons. The Bertz CT molecular complexity index is 835. The van der Waals surface area contributed by atoms with Crippen molar-refractivity contribution in [3.63, 3.8) is 0 Å². The number of carboxylic acid groups (broad SMARTS) is 1. The number of Topliss-reactive ketones (excluding diaryl/α,β-unsaturated/α-hetero) is 1. The van der Waals surface area contributed by atoms with Crippen molar-refractivity contribution < 1.29 is 28.9 Å². The largest absolute Gasteiger partial charge is 0.487 e. The third kappa shape index (κ3) is 5.47. The molecular weight excluding hydrogens is 384 g/mol. The Morgan fingerprint density at radius 3 is 2.43 bits per heavy atom. The summed E-state index contributed by atoms with van der Waals surface area (Å²) >= 11 is 6.38. The first-order valence-electron chi connectivity index (χ1n) is 8.72. The third-order valence-electron chi connectivity index (χ3n) is 4.15. The van der Waals surface area contributed by atoms with E-state index in [9.17, 15) is 9.59 Å². The number of carbonyl (C=O) groups excluding carboxylic acids is 1. The molecule has 7 heteroatoms. The van der Waals surface area contributed by atoms with Gasteiger partial charge in [-0.05, 0) is 18.6 Å². The third-order valence-corrected chi connectivity index (χ3v) is 4.44. The molecule has 0 spiro atoms. The zero-order valence-electron chi connectivity index (χ0n) is 16.0. The van der Waals surface area contributed by atoms with Gasteiger partial charge in [0.2, 0.25) is 0 Å². The molecule has 2 rings (SSSR count). The van der Waals surface area contributed by atoms with E-state index in [4.69, 9.17) is 30.9 Å². The van der Waals surface area contributed by atoms with Gasteiger partial charge in [-0.15, -0.1) is 0 Å². The Balaban J connectivity index is 2.38. The van der Waals surface area contributed by atoms with Gasteiger partial charge in [0.05, 0.1) is 17.0 Å². The molecule has 1 unspecified atom stereocenters. The van der Waals surface area contributed by atoms with E-state index in [1.54, 1.807) is 13.8 Å². The van der Waals surface area contributed by atoms with Gasteiger partial charge < -0.3 is 19.3 Å². The van der Waals surface area contributed by atoms with Crippen LogP contribution < -0.4 is 9.47 Å². The molecule has 0 saturated carbocycles. The summed E-state index contributed by atoms with van der Waals surface area (Å²) in [6, 6.07) is 11.0. The van der Waals surface area contributed by atoms with Crippen molar-refractivity contribution in [2.24, 2.45) is 5.92 Å². The Hall–Kier alpha value is -2.57. The minimum atomic E-state index is -1.05. The van der Waals surface area contributed by atoms with Crippen LogP contribution in [-0.2, 0) is 16.1 Å². The highest BCUT2D eigenvalue weighted by molar-refractivity contribution is 6.32. The lowest BCUT2D eigenvalue weighted by molar-refractivity contribution is -0.137. The summed E-state index contributed by atoms with van der Waals surface area (Å²) in [6.07, 6.45) is -0.286. The van der Waals surface area contributed by atoms with Crippen LogP contribution >= 0.6 is 11.6 Å². The average molecular weight is 407 g/mol. The lowest BCUT2D eigenvalue weighted by Gasteiger charge is -2.19. The van der Waals surface area contributed by atoms with Crippen molar-refractivity contribution in [2.75, 3.05) is 13.9 Å². The van der Waals surface area contributed by atoms with E-state index in [-0.39, 0.29) is 35.3 Å². The van der Waals surface area contributed by atoms with Crippen molar-refractivity contribution >= 4 is 23.4 Å². The predicted molar refractivity (Wildman–Crippen MR) is 105 cm³/mol. The van der Waals surface area contributed by atoms with Crippen LogP contribution in [0.4, 0.5) is 0 Å². The van der Waals surface area contributed by atoms with E-state index >= 15 is 0 Å². The van der Waals surface area contributed by atoms with Crippen molar-refractivity contribution in [1.82, 2.24) is 0 Å². The van der Waals surface area contributed by atoms with Gasteiger partial charge in [0.15, 0.2) is 12.6 Å². The monoisotopic (exact) mass is 406 g/mol. The van der Waals surface area contributed by atoms with Crippen LogP contribution in [0.1, 0.15) is 34.8 Å². The number of ether oxygens (including phenoxy) is 3. The highest BCUT2D eigenvalue weighted by Crippen LogP contribution is 2.39. The average Bonchev–Trinajstić information content (AvgIpc) is 2.66. The number of ketones is 1. The fourth-order valence-corrected chi connectivity index (χ4v) is 3.06. The standard InChI is InChI=1S/C21H23ClO6/c1-13(9-18(23)24)19(25)16-10-17(22)21(14(2)20(16)28-12-26-3)27-11-15-7-5-4-6-8-15/h4-8,10,13H,9,11-12H2,1-3H3,(H,23,24). The van der Waals surface area contributed by atoms with Crippen LogP contribution in [0.2, 0.25) is 5.02 Å². The number of aliphatic carboxylic acids is 1. The molecule has 0 amide bonds. The minimum absolute atomic E-state index is 0.0752. The summed E-state index contributed by atoms with van der Waals surface area (Å²) in [4.78, 5) is 23.7. The molecule has 6 nitrogen and oxygen atoms in total. The molecule has 2 aromatic carbocycles. The lowest BCUT2D eigenvalue weighted by Crippen LogP contribution is -2.18. The second-order valence-corrected chi connectivity index (χ2v) is 6.78. The summed E-state index contributed by atoms with van der Waals surface area (Å²) in [6.45, 7) is 3.51. The molecule has 1 N–H and O–H groups in total. The van der Waals surface area contributed by atoms with Gasteiger partial charge >= 0.3 is 5.97 Å². The second-order valence-electron chi connectivity index (χ2n) is 6.38. The van der Waals surface area contributed by atoms with Crippen LogP contribution in [0.3, 0.4) is 0 Å². The van der Waals surface area contributed by atoms with Gasteiger partial charge in [-0.2, -0.15) is 0 Å². The zero-order chi connectivity index (χ0) is 20.7. The van der Waals surface area contributed by atoms with Crippen molar-refractivity contribution in [2.45, 2.75) is 26.9 Å². The maximum Gasteiger partial charge on any atom is 0.304 e. The topological polar surface area (TPSA) is 82.1 Å². The maximum absolute atomic E-state index is 12.8. The Morgan fingerprint density at radius 2 is 1.82 bits per heavy atom. The van der Waals surface area contributed by atoms with Gasteiger partial charge in [0.1, 0.15) is 18.1 Å². The number of halogens is 1. The molecular formula is C21H23ClO6. The first-order chi connectivity index (χ1) is 13.3. The second kappa shape index (κ2) is 10.1. The highest BCUT2D eigenvalue weighted by Gasteiger charge is 2.26. The van der Waals surface area contributed by atoms with Crippen LogP contribution in [0, 0.1) is 12.8 Å². The fraction of sp³-hybridized carbons (Fsp3) is 0.333. The number of rotatable bonds is 10. The first kappa shape index (κ1) is 21.7.